The SMILES string of the molecule is Cc1cccc(N2C(=O)[C@H]3[C@@H](C2=O)[C@]2(N[C@@H]3Cc3c[nH]c4ccccc34)C(=O)Nc3ccc(F)cc32)c1. The lowest BCUT2D eigenvalue weighted by atomic mass is 9.76. The third kappa shape index (κ3) is 2.93. The normalized spacial score (nSPS) is 26.3. The van der Waals surface area contributed by atoms with Gasteiger partial charge in [-0.3, -0.25) is 19.7 Å². The van der Waals surface area contributed by atoms with Crippen molar-refractivity contribution in [2.75, 3.05) is 10.2 Å². The van der Waals surface area contributed by atoms with Crippen molar-refractivity contribution in [3.8, 4) is 0 Å². The standard InChI is InChI=1S/C29H23FN4O3/c1-15-5-4-6-18(11-15)34-26(35)24-23(12-16-14-31-21-8-3-2-7-19(16)21)33-29(25(24)27(34)36)20-13-17(30)9-10-22(20)32-28(29)37/h2-11,13-14,23-25,31,33H,12H2,1H3,(H,32,37)/t23-,24-,25+,29+/m1/s1. The number of hydrogen-bond acceptors (Lipinski definition) is 4. The van der Waals surface area contributed by atoms with Crippen LogP contribution in [-0.4, -0.2) is 28.7 Å². The molecule has 1 aromatic heterocycles. The van der Waals surface area contributed by atoms with E-state index in [0.29, 0.717) is 23.4 Å². The number of carbonyl (C=O) groups excluding carboxylic acids is 3. The number of H-pyrrole nitrogens is 1. The van der Waals surface area contributed by atoms with Crippen molar-refractivity contribution in [3.63, 3.8) is 0 Å². The number of imide groups is 1. The van der Waals surface area contributed by atoms with Crippen molar-refractivity contribution in [2.24, 2.45) is 11.8 Å². The molecule has 37 heavy (non-hydrogen) atoms. The summed E-state index contributed by atoms with van der Waals surface area (Å²) >= 11 is 0. The lowest BCUT2D eigenvalue weighted by molar-refractivity contribution is -0.130. The molecular formula is C29H23FN4O3. The number of amides is 3. The summed E-state index contributed by atoms with van der Waals surface area (Å²) < 4.78 is 14.5. The molecule has 7 rings (SSSR count). The number of para-hydroxylation sites is 1. The lowest BCUT2D eigenvalue weighted by Gasteiger charge is -2.29. The van der Waals surface area contributed by atoms with Gasteiger partial charge >= 0.3 is 0 Å². The Labute approximate surface area is 211 Å². The predicted octanol–water partition coefficient (Wildman–Crippen LogP) is 3.78. The predicted molar refractivity (Wildman–Crippen MR) is 136 cm³/mol. The maximum Gasteiger partial charge on any atom is 0.250 e. The second-order valence-corrected chi connectivity index (χ2v) is 10.1. The zero-order valence-electron chi connectivity index (χ0n) is 19.9. The molecule has 1 spiro atoms. The molecule has 3 amide bonds. The fraction of sp³-hybridized carbons (Fsp3) is 0.207. The molecule has 2 saturated heterocycles. The molecule has 3 aromatic carbocycles. The van der Waals surface area contributed by atoms with Gasteiger partial charge in [-0.1, -0.05) is 30.3 Å². The van der Waals surface area contributed by atoms with Crippen LogP contribution in [0.3, 0.4) is 0 Å². The molecule has 0 aliphatic carbocycles. The van der Waals surface area contributed by atoms with Crippen LogP contribution >= 0.6 is 0 Å². The van der Waals surface area contributed by atoms with Gasteiger partial charge in [0.1, 0.15) is 11.4 Å². The van der Waals surface area contributed by atoms with Crippen molar-refractivity contribution in [2.45, 2.75) is 24.9 Å². The molecule has 0 radical (unpaired) electrons. The van der Waals surface area contributed by atoms with Crippen molar-refractivity contribution >= 4 is 40.0 Å². The number of aromatic nitrogens is 1. The Bertz CT molecular complexity index is 1650. The van der Waals surface area contributed by atoms with Gasteiger partial charge in [-0.25, -0.2) is 9.29 Å². The summed E-state index contributed by atoms with van der Waals surface area (Å²) in [6.07, 6.45) is 2.31. The van der Waals surface area contributed by atoms with E-state index in [0.717, 1.165) is 22.0 Å². The van der Waals surface area contributed by atoms with Gasteiger partial charge < -0.3 is 10.3 Å². The minimum Gasteiger partial charge on any atom is -0.361 e. The van der Waals surface area contributed by atoms with Gasteiger partial charge in [0.05, 0.1) is 17.5 Å². The Hall–Kier alpha value is -4.30. The van der Waals surface area contributed by atoms with Gasteiger partial charge in [-0.15, -0.1) is 0 Å². The number of halogens is 1. The highest BCUT2D eigenvalue weighted by molar-refractivity contribution is 6.25. The first-order valence-corrected chi connectivity index (χ1v) is 12.3. The molecule has 0 unspecified atom stereocenters. The summed E-state index contributed by atoms with van der Waals surface area (Å²) in [6, 6.07) is 18.6. The molecule has 8 heteroatoms. The molecule has 4 atom stereocenters. The Kier molecular flexibility index (Phi) is 4.51. The van der Waals surface area contributed by atoms with Crippen LogP contribution in [0.25, 0.3) is 10.9 Å². The second kappa shape index (κ2) is 7.60. The Balaban J connectivity index is 1.39. The lowest BCUT2D eigenvalue weighted by Crippen LogP contribution is -2.53. The second-order valence-electron chi connectivity index (χ2n) is 10.1. The number of nitrogens with one attached hydrogen (secondary N) is 3. The van der Waals surface area contributed by atoms with Crippen molar-refractivity contribution in [3.05, 3.63) is 95.4 Å². The number of rotatable bonds is 3. The number of benzene rings is 3. The average molecular weight is 495 g/mol. The number of fused-ring (bicyclic) bond motifs is 5. The minimum atomic E-state index is -1.55. The van der Waals surface area contributed by atoms with Crippen LogP contribution < -0.4 is 15.5 Å². The summed E-state index contributed by atoms with van der Waals surface area (Å²) in [5, 5.41) is 7.22. The highest BCUT2D eigenvalue weighted by Crippen LogP contribution is 2.54. The Morgan fingerprint density at radius 2 is 1.81 bits per heavy atom. The zero-order chi connectivity index (χ0) is 25.5. The number of hydrogen-bond donors (Lipinski definition) is 3. The maximum atomic E-state index is 14.5. The number of anilines is 2. The van der Waals surface area contributed by atoms with Crippen LogP contribution in [0.4, 0.5) is 15.8 Å². The molecule has 3 aliphatic rings. The van der Waals surface area contributed by atoms with E-state index < -0.39 is 41.0 Å². The van der Waals surface area contributed by atoms with Gasteiger partial charge in [0.15, 0.2) is 0 Å². The zero-order valence-corrected chi connectivity index (χ0v) is 19.9. The largest absolute Gasteiger partial charge is 0.361 e. The van der Waals surface area contributed by atoms with Crippen LogP contribution in [0.15, 0.2) is 72.9 Å². The topological polar surface area (TPSA) is 94.3 Å². The molecule has 0 bridgehead atoms. The van der Waals surface area contributed by atoms with Crippen molar-refractivity contribution in [1.29, 1.82) is 0 Å². The van der Waals surface area contributed by atoms with Crippen molar-refractivity contribution in [1.82, 2.24) is 10.3 Å². The Morgan fingerprint density at radius 1 is 0.973 bits per heavy atom. The van der Waals surface area contributed by atoms with Gasteiger partial charge in [-0.05, 0) is 60.9 Å². The van der Waals surface area contributed by atoms with E-state index in [4.69, 9.17) is 0 Å². The third-order valence-electron chi connectivity index (χ3n) is 8.05. The van der Waals surface area contributed by atoms with Gasteiger partial charge in [0.25, 0.3) is 0 Å². The highest BCUT2D eigenvalue weighted by Gasteiger charge is 2.70. The van der Waals surface area contributed by atoms with Crippen LogP contribution in [0, 0.1) is 24.6 Å². The quantitative estimate of drug-likeness (QED) is 0.378. The van der Waals surface area contributed by atoms with E-state index in [2.05, 4.69) is 15.6 Å². The molecule has 7 nitrogen and oxygen atoms in total. The highest BCUT2D eigenvalue weighted by atomic mass is 19.1. The van der Waals surface area contributed by atoms with E-state index >= 15 is 0 Å². The van der Waals surface area contributed by atoms with Crippen LogP contribution in [0.5, 0.6) is 0 Å². The minimum absolute atomic E-state index is 0.354. The monoisotopic (exact) mass is 494 g/mol. The maximum absolute atomic E-state index is 14.5. The number of carbonyl (C=O) groups is 3. The molecule has 3 aliphatic heterocycles. The van der Waals surface area contributed by atoms with E-state index in [1.54, 1.807) is 18.2 Å². The molecule has 184 valence electrons. The number of aromatic amines is 1. The van der Waals surface area contributed by atoms with Gasteiger partial charge in [0.2, 0.25) is 17.7 Å². The molecule has 3 N–H and O–H groups in total. The fourth-order valence-electron chi connectivity index (χ4n) is 6.51. The number of nitrogens with zero attached hydrogens (tertiary/aromatic N) is 1. The summed E-state index contributed by atoms with van der Waals surface area (Å²) in [5.74, 6) is -3.59. The average Bonchev–Trinajstić information content (AvgIpc) is 3.58. The third-order valence-corrected chi connectivity index (χ3v) is 8.05. The number of aryl methyl sites for hydroxylation is 1. The van der Waals surface area contributed by atoms with Crippen molar-refractivity contribution < 1.29 is 18.8 Å². The summed E-state index contributed by atoms with van der Waals surface area (Å²) in [5.41, 5.74) is 2.57. The van der Waals surface area contributed by atoms with Crippen LogP contribution in [0.2, 0.25) is 0 Å². The summed E-state index contributed by atoms with van der Waals surface area (Å²) in [7, 11) is 0. The van der Waals surface area contributed by atoms with Crippen LogP contribution in [0.1, 0.15) is 16.7 Å². The summed E-state index contributed by atoms with van der Waals surface area (Å²) in [6.45, 7) is 1.89. The van der Waals surface area contributed by atoms with E-state index in [1.165, 1.54) is 23.1 Å². The van der Waals surface area contributed by atoms with E-state index in [9.17, 15) is 18.8 Å². The van der Waals surface area contributed by atoms with Gasteiger partial charge in [0, 0.05) is 34.4 Å². The molecule has 4 heterocycles. The van der Waals surface area contributed by atoms with Crippen LogP contribution in [-0.2, 0) is 26.3 Å². The fourth-order valence-corrected chi connectivity index (χ4v) is 6.51. The smallest absolute Gasteiger partial charge is 0.250 e. The summed E-state index contributed by atoms with van der Waals surface area (Å²) in [4.78, 5) is 46.1. The van der Waals surface area contributed by atoms with E-state index in [1.807, 2.05) is 43.5 Å². The Morgan fingerprint density at radius 3 is 2.65 bits per heavy atom. The van der Waals surface area contributed by atoms with E-state index in [-0.39, 0.29) is 5.91 Å². The van der Waals surface area contributed by atoms with Gasteiger partial charge in [-0.2, -0.15) is 0 Å². The first kappa shape index (κ1) is 21.9. The first-order chi connectivity index (χ1) is 17.9. The molecule has 2 fully saturated rings. The molecule has 0 saturated carbocycles. The molecular weight excluding hydrogens is 471 g/mol. The first-order valence-electron chi connectivity index (χ1n) is 12.3. The molecule has 4 aromatic rings.